The zero-order valence-corrected chi connectivity index (χ0v) is 22.9. The normalized spacial score (nSPS) is 11.9. The van der Waals surface area contributed by atoms with E-state index in [2.05, 4.69) is 5.32 Å². The Labute approximate surface area is 246 Å². The van der Waals surface area contributed by atoms with E-state index in [1.54, 1.807) is 30.3 Å². The fourth-order valence-corrected chi connectivity index (χ4v) is 4.52. The predicted octanol–water partition coefficient (Wildman–Crippen LogP) is 3.64. The van der Waals surface area contributed by atoms with Crippen molar-refractivity contribution in [3.8, 4) is 16.9 Å². The van der Waals surface area contributed by atoms with E-state index >= 15 is 0 Å². The van der Waals surface area contributed by atoms with Crippen LogP contribution in [0.15, 0.2) is 89.9 Å². The van der Waals surface area contributed by atoms with Crippen molar-refractivity contribution in [1.82, 2.24) is 4.57 Å². The lowest BCUT2D eigenvalue weighted by Gasteiger charge is -2.25. The molecule has 10 nitrogen and oxygen atoms in total. The number of rotatable bonds is 10. The van der Waals surface area contributed by atoms with Crippen molar-refractivity contribution >= 4 is 42.8 Å². The quantitative estimate of drug-likeness (QED) is 0.125. The van der Waals surface area contributed by atoms with E-state index in [-0.39, 0.29) is 50.9 Å². The topological polar surface area (TPSA) is 155 Å². The predicted molar refractivity (Wildman–Crippen MR) is 156 cm³/mol. The van der Waals surface area contributed by atoms with Gasteiger partial charge in [0.05, 0.1) is 11.8 Å². The fraction of sp³-hybridized carbons (Fsp3) is 0.133. The number of aromatic nitrogens is 1. The van der Waals surface area contributed by atoms with Gasteiger partial charge in [-0.2, -0.15) is 0 Å². The van der Waals surface area contributed by atoms with Crippen LogP contribution in [0.4, 0.5) is 5.69 Å². The summed E-state index contributed by atoms with van der Waals surface area (Å²) < 4.78 is 6.22. The molecule has 0 bridgehead atoms. The maximum Gasteiger partial charge on any atom is 0.335 e. The minimum atomic E-state index is -3.19. The molecule has 1 atom stereocenters. The van der Waals surface area contributed by atoms with Gasteiger partial charge in [0.1, 0.15) is 11.8 Å². The number of carbonyl (C=O) groups excluding carboxylic acids is 2. The number of benzene rings is 3. The number of carbonyl (C=O) groups is 3. The van der Waals surface area contributed by atoms with Gasteiger partial charge < -0.3 is 25.4 Å². The van der Waals surface area contributed by atoms with Gasteiger partial charge in [-0.25, -0.2) is 4.79 Å². The first-order valence-electron chi connectivity index (χ1n) is 12.5. The van der Waals surface area contributed by atoms with E-state index in [0.29, 0.717) is 5.56 Å². The summed E-state index contributed by atoms with van der Waals surface area (Å²) in [4.78, 5) is 50.8. The molecule has 12 heteroatoms. The standard InChI is InChI=1S/C30H24BClN2O8/c1-17(35)22-12-9-20(32)14-23(22)24-15-27(36)34(16-26(24)42-30(31,40)41)25(13-18-5-3-2-4-6-18)28(37)33-21-10-7-19(8-11-21)29(38)39/h2-12,14-16,25,40-41H,13H2,1H3,(H,33,37)(H,38,39). The van der Waals surface area contributed by atoms with E-state index < -0.39 is 29.4 Å². The molecular formula is C30H24BClN2O8. The number of hydrogen-bond acceptors (Lipinski definition) is 7. The Bertz CT molecular complexity index is 1700. The smallest absolute Gasteiger partial charge is 0.335 e. The maximum absolute atomic E-state index is 13.6. The fourth-order valence-electron chi connectivity index (χ4n) is 4.35. The second-order valence-corrected chi connectivity index (χ2v) is 9.82. The minimum absolute atomic E-state index is 0.0200. The first-order valence-corrected chi connectivity index (χ1v) is 12.9. The molecule has 0 aliphatic carbocycles. The number of Topliss-reactive ketones (excluding diaryl/α,β-unsaturated/α-hetero) is 1. The lowest BCUT2D eigenvalue weighted by Crippen LogP contribution is -2.38. The highest BCUT2D eigenvalue weighted by molar-refractivity contribution is 6.31. The molecule has 212 valence electrons. The number of amides is 1. The number of anilines is 1. The summed E-state index contributed by atoms with van der Waals surface area (Å²) in [6.07, 6.45) is 1.12. The van der Waals surface area contributed by atoms with Crippen LogP contribution in [-0.4, -0.2) is 51.3 Å². The van der Waals surface area contributed by atoms with Gasteiger partial charge in [0.15, 0.2) is 5.78 Å². The van der Waals surface area contributed by atoms with Gasteiger partial charge in [0.25, 0.3) is 11.4 Å². The van der Waals surface area contributed by atoms with Crippen molar-refractivity contribution in [2.24, 2.45) is 0 Å². The summed E-state index contributed by atoms with van der Waals surface area (Å²) in [7, 11) is 5.31. The molecule has 0 aliphatic rings. The van der Waals surface area contributed by atoms with E-state index in [1.807, 2.05) is 0 Å². The number of nitrogens with zero attached hydrogens (tertiary/aromatic N) is 1. The van der Waals surface area contributed by atoms with E-state index in [9.17, 15) is 29.4 Å². The molecule has 1 heterocycles. The summed E-state index contributed by atoms with van der Waals surface area (Å²) in [5.74, 6) is -5.65. The Hall–Kier alpha value is -4.71. The van der Waals surface area contributed by atoms with E-state index in [0.717, 1.165) is 16.8 Å². The number of pyridine rings is 1. The molecule has 1 aromatic heterocycles. The van der Waals surface area contributed by atoms with E-state index in [4.69, 9.17) is 29.3 Å². The lowest BCUT2D eigenvalue weighted by atomic mass is 9.97. The molecule has 3 aromatic carbocycles. The van der Waals surface area contributed by atoms with Crippen LogP contribution >= 0.6 is 11.6 Å². The molecule has 0 fully saturated rings. The second kappa shape index (κ2) is 12.4. The molecule has 4 aromatic rings. The van der Waals surface area contributed by atoms with Crippen LogP contribution in [0.3, 0.4) is 0 Å². The van der Waals surface area contributed by atoms with Crippen LogP contribution in [0.5, 0.6) is 5.75 Å². The van der Waals surface area contributed by atoms with Gasteiger partial charge >= 0.3 is 5.97 Å². The third-order valence-electron chi connectivity index (χ3n) is 6.27. The van der Waals surface area contributed by atoms with E-state index in [1.165, 1.54) is 49.4 Å². The number of ketones is 1. The van der Waals surface area contributed by atoms with Crippen LogP contribution in [0.1, 0.15) is 39.2 Å². The number of carboxylic acids is 1. The van der Waals surface area contributed by atoms with Crippen molar-refractivity contribution in [1.29, 1.82) is 0 Å². The largest absolute Gasteiger partial charge is 0.478 e. The highest BCUT2D eigenvalue weighted by Crippen LogP contribution is 2.35. The van der Waals surface area contributed by atoms with Crippen LogP contribution in [0, 0.1) is 0 Å². The van der Waals surface area contributed by atoms with Crippen molar-refractivity contribution in [3.63, 3.8) is 0 Å². The molecule has 2 radical (unpaired) electrons. The zero-order chi connectivity index (χ0) is 30.6. The Kier molecular flexibility index (Phi) is 8.96. The molecule has 1 amide bonds. The average Bonchev–Trinajstić information content (AvgIpc) is 2.92. The second-order valence-electron chi connectivity index (χ2n) is 9.38. The van der Waals surface area contributed by atoms with Gasteiger partial charge in [-0.1, -0.05) is 41.9 Å². The first-order chi connectivity index (χ1) is 19.8. The van der Waals surface area contributed by atoms with Crippen LogP contribution in [-0.2, 0) is 11.2 Å². The molecule has 0 spiro atoms. The molecule has 0 aliphatic heterocycles. The van der Waals surface area contributed by atoms with Gasteiger partial charge in [-0.05, 0) is 60.5 Å². The number of aliphatic hydroxyl groups is 2. The molecule has 1 unspecified atom stereocenters. The SMILES string of the molecule is [B]C(O)(O)Oc1cn(C(Cc2ccccc2)C(=O)Nc2ccc(C(=O)O)cc2)c(=O)cc1-c1cc(Cl)ccc1C(C)=O. The number of carboxylic acid groups (broad SMARTS) is 1. The summed E-state index contributed by atoms with van der Waals surface area (Å²) in [6.45, 7) is 1.31. The van der Waals surface area contributed by atoms with Crippen molar-refractivity contribution in [2.45, 2.75) is 25.3 Å². The number of ether oxygens (including phenoxy) is 1. The number of hydrogen-bond donors (Lipinski definition) is 4. The third kappa shape index (κ3) is 7.32. The molecule has 42 heavy (non-hydrogen) atoms. The van der Waals surface area contributed by atoms with Gasteiger partial charge in [-0.15, -0.1) is 0 Å². The van der Waals surface area contributed by atoms with Gasteiger partial charge in [0.2, 0.25) is 13.8 Å². The molecule has 4 N–H and O–H groups in total. The highest BCUT2D eigenvalue weighted by Gasteiger charge is 2.27. The van der Waals surface area contributed by atoms with Crippen LogP contribution < -0.4 is 15.6 Å². The third-order valence-corrected chi connectivity index (χ3v) is 6.50. The number of halogens is 1. The lowest BCUT2D eigenvalue weighted by molar-refractivity contribution is -0.223. The Morgan fingerprint density at radius 1 is 1.00 bits per heavy atom. The molecular weight excluding hydrogens is 563 g/mol. The first kappa shape index (κ1) is 30.3. The number of aromatic carboxylic acids is 1. The minimum Gasteiger partial charge on any atom is -0.478 e. The van der Waals surface area contributed by atoms with Gasteiger partial charge in [0, 0.05) is 34.3 Å². The zero-order valence-electron chi connectivity index (χ0n) is 22.2. The molecule has 4 rings (SSSR count). The Morgan fingerprint density at radius 2 is 1.67 bits per heavy atom. The summed E-state index contributed by atoms with van der Waals surface area (Å²) in [6, 6.07) is 18.5. The van der Waals surface area contributed by atoms with Crippen LogP contribution in [0.2, 0.25) is 5.02 Å². The van der Waals surface area contributed by atoms with Crippen molar-refractivity contribution in [2.75, 3.05) is 5.32 Å². The Morgan fingerprint density at radius 3 is 2.26 bits per heavy atom. The monoisotopic (exact) mass is 586 g/mol. The average molecular weight is 587 g/mol. The Balaban J connectivity index is 1.86. The van der Waals surface area contributed by atoms with Crippen molar-refractivity contribution in [3.05, 3.63) is 117 Å². The summed E-state index contributed by atoms with van der Waals surface area (Å²) in [5.41, 5.74) is 0.619. The van der Waals surface area contributed by atoms with Crippen LogP contribution in [0.25, 0.3) is 11.1 Å². The van der Waals surface area contributed by atoms with Crippen molar-refractivity contribution < 1.29 is 34.4 Å². The summed E-state index contributed by atoms with van der Waals surface area (Å²) >= 11 is 6.17. The summed E-state index contributed by atoms with van der Waals surface area (Å²) in [5, 5.41) is 31.8. The number of nitrogens with one attached hydrogen (secondary N) is 1. The molecule has 0 saturated carbocycles. The highest BCUT2D eigenvalue weighted by atomic mass is 35.5. The maximum atomic E-state index is 13.6. The van der Waals surface area contributed by atoms with Gasteiger partial charge in [-0.3, -0.25) is 19.0 Å². The molecule has 0 saturated heterocycles.